The lowest BCUT2D eigenvalue weighted by molar-refractivity contribution is 0.0950. The fourth-order valence-electron chi connectivity index (χ4n) is 2.69. The molecule has 2 N–H and O–H groups in total. The number of aromatic nitrogens is 1. The lowest BCUT2D eigenvalue weighted by Gasteiger charge is -2.10. The van der Waals surface area contributed by atoms with Crippen molar-refractivity contribution in [2.24, 2.45) is 0 Å². The maximum Gasteiger partial charge on any atom is 0.270 e. The summed E-state index contributed by atoms with van der Waals surface area (Å²) < 4.78 is 15.8. The fraction of sp³-hybridized carbons (Fsp3) is 0.238. The zero-order valence-electron chi connectivity index (χ0n) is 16.5. The highest BCUT2D eigenvalue weighted by Crippen LogP contribution is 2.32. The largest absolute Gasteiger partial charge is 0.497 e. The molecule has 0 aliphatic rings. The van der Waals surface area contributed by atoms with Crippen molar-refractivity contribution in [3.05, 3.63) is 59.1 Å². The molecule has 3 rings (SSSR count). The van der Waals surface area contributed by atoms with E-state index in [1.165, 1.54) is 11.3 Å². The SMILES string of the molecule is COc1cccc(CCNC(=O)c2csc(Nc3ccc(OC)cc3OC)n2)c1. The number of amides is 1. The highest BCUT2D eigenvalue weighted by Gasteiger charge is 2.12. The van der Waals surface area contributed by atoms with Crippen LogP contribution in [0, 0.1) is 0 Å². The molecule has 1 aromatic heterocycles. The number of hydrogen-bond acceptors (Lipinski definition) is 7. The number of ether oxygens (including phenoxy) is 3. The van der Waals surface area contributed by atoms with Gasteiger partial charge in [-0.25, -0.2) is 4.98 Å². The van der Waals surface area contributed by atoms with Gasteiger partial charge in [-0.3, -0.25) is 4.79 Å². The highest BCUT2D eigenvalue weighted by atomic mass is 32.1. The smallest absolute Gasteiger partial charge is 0.270 e. The quantitative estimate of drug-likeness (QED) is 0.554. The molecular weight excluding hydrogens is 390 g/mol. The van der Waals surface area contributed by atoms with E-state index in [1.54, 1.807) is 32.8 Å². The summed E-state index contributed by atoms with van der Waals surface area (Å²) in [4.78, 5) is 16.7. The number of nitrogens with one attached hydrogen (secondary N) is 2. The summed E-state index contributed by atoms with van der Waals surface area (Å²) in [5.74, 6) is 1.92. The van der Waals surface area contributed by atoms with Crippen molar-refractivity contribution in [1.29, 1.82) is 0 Å². The van der Waals surface area contributed by atoms with Crippen LogP contribution in [0.5, 0.6) is 17.2 Å². The van der Waals surface area contributed by atoms with E-state index >= 15 is 0 Å². The summed E-state index contributed by atoms with van der Waals surface area (Å²) in [5, 5.41) is 8.40. The van der Waals surface area contributed by atoms with Crippen LogP contribution in [0.1, 0.15) is 16.1 Å². The van der Waals surface area contributed by atoms with E-state index < -0.39 is 0 Å². The van der Waals surface area contributed by atoms with Crippen LogP contribution in [0.4, 0.5) is 10.8 Å². The van der Waals surface area contributed by atoms with Gasteiger partial charge in [0.15, 0.2) is 5.13 Å². The number of rotatable bonds is 9. The lowest BCUT2D eigenvalue weighted by atomic mass is 10.1. The first-order valence-electron chi connectivity index (χ1n) is 8.98. The molecule has 0 bridgehead atoms. The van der Waals surface area contributed by atoms with Crippen LogP contribution in [0.3, 0.4) is 0 Å². The molecule has 0 spiro atoms. The second-order valence-electron chi connectivity index (χ2n) is 6.09. The molecule has 0 aliphatic carbocycles. The molecule has 2 aromatic carbocycles. The van der Waals surface area contributed by atoms with Crippen molar-refractivity contribution in [2.75, 3.05) is 33.2 Å². The molecule has 3 aromatic rings. The van der Waals surface area contributed by atoms with Gasteiger partial charge in [0.25, 0.3) is 5.91 Å². The molecule has 0 unspecified atom stereocenters. The van der Waals surface area contributed by atoms with Gasteiger partial charge in [0.1, 0.15) is 22.9 Å². The van der Waals surface area contributed by atoms with E-state index in [1.807, 2.05) is 36.4 Å². The zero-order chi connectivity index (χ0) is 20.6. The summed E-state index contributed by atoms with van der Waals surface area (Å²) in [7, 11) is 4.82. The van der Waals surface area contributed by atoms with Crippen LogP contribution < -0.4 is 24.8 Å². The number of methoxy groups -OCH3 is 3. The third-order valence-electron chi connectivity index (χ3n) is 4.22. The monoisotopic (exact) mass is 413 g/mol. The van der Waals surface area contributed by atoms with E-state index in [9.17, 15) is 4.79 Å². The van der Waals surface area contributed by atoms with Crippen molar-refractivity contribution < 1.29 is 19.0 Å². The van der Waals surface area contributed by atoms with Gasteiger partial charge in [0.05, 0.1) is 27.0 Å². The Hall–Kier alpha value is -3.26. The van der Waals surface area contributed by atoms with Crippen molar-refractivity contribution in [3.63, 3.8) is 0 Å². The second-order valence-corrected chi connectivity index (χ2v) is 6.94. The van der Waals surface area contributed by atoms with Gasteiger partial charge in [0, 0.05) is 18.0 Å². The number of anilines is 2. The van der Waals surface area contributed by atoms with Crippen LogP contribution in [-0.4, -0.2) is 38.8 Å². The Morgan fingerprint density at radius 2 is 1.83 bits per heavy atom. The Morgan fingerprint density at radius 1 is 1.03 bits per heavy atom. The molecular formula is C21H23N3O4S. The Bertz CT molecular complexity index is 974. The molecule has 0 atom stereocenters. The topological polar surface area (TPSA) is 81.7 Å². The van der Waals surface area contributed by atoms with E-state index in [0.717, 1.165) is 17.0 Å². The molecule has 8 heteroatoms. The minimum atomic E-state index is -0.209. The van der Waals surface area contributed by atoms with Gasteiger partial charge in [-0.05, 0) is 36.2 Å². The van der Waals surface area contributed by atoms with Gasteiger partial charge in [-0.15, -0.1) is 11.3 Å². The first-order valence-corrected chi connectivity index (χ1v) is 9.86. The maximum absolute atomic E-state index is 12.4. The zero-order valence-corrected chi connectivity index (χ0v) is 17.3. The van der Waals surface area contributed by atoms with E-state index in [2.05, 4.69) is 15.6 Å². The molecule has 0 aliphatic heterocycles. The molecule has 0 saturated heterocycles. The summed E-state index contributed by atoms with van der Waals surface area (Å²) in [6, 6.07) is 13.2. The predicted molar refractivity (Wildman–Crippen MR) is 114 cm³/mol. The van der Waals surface area contributed by atoms with Crippen LogP contribution in [0.2, 0.25) is 0 Å². The number of benzene rings is 2. The molecule has 7 nitrogen and oxygen atoms in total. The molecule has 152 valence electrons. The number of nitrogens with zero attached hydrogens (tertiary/aromatic N) is 1. The Kier molecular flexibility index (Phi) is 6.91. The number of hydrogen-bond donors (Lipinski definition) is 2. The van der Waals surface area contributed by atoms with Crippen molar-refractivity contribution in [1.82, 2.24) is 10.3 Å². The van der Waals surface area contributed by atoms with E-state index in [0.29, 0.717) is 35.3 Å². The Labute approximate surface area is 173 Å². The average Bonchev–Trinajstić information content (AvgIpc) is 3.22. The summed E-state index contributed by atoms with van der Waals surface area (Å²) in [6.45, 7) is 0.512. The lowest BCUT2D eigenvalue weighted by Crippen LogP contribution is -2.26. The minimum absolute atomic E-state index is 0.209. The van der Waals surface area contributed by atoms with Crippen molar-refractivity contribution in [2.45, 2.75) is 6.42 Å². The van der Waals surface area contributed by atoms with Gasteiger partial charge < -0.3 is 24.8 Å². The molecule has 0 saturated carbocycles. The number of carbonyl (C=O) groups excluding carboxylic acids is 1. The summed E-state index contributed by atoms with van der Waals surface area (Å²) in [6.07, 6.45) is 0.710. The second kappa shape index (κ2) is 9.79. The number of thiazole rings is 1. The Morgan fingerprint density at radius 3 is 2.59 bits per heavy atom. The Balaban J connectivity index is 1.57. The molecule has 0 fully saturated rings. The third-order valence-corrected chi connectivity index (χ3v) is 4.98. The van der Waals surface area contributed by atoms with Crippen LogP contribution >= 0.6 is 11.3 Å². The standard InChI is InChI=1S/C21H23N3O4S/c1-26-15-6-4-5-14(11-15)9-10-22-20(25)18-13-29-21(24-18)23-17-8-7-16(27-2)12-19(17)28-3/h4-8,11-13H,9-10H2,1-3H3,(H,22,25)(H,23,24). The fourth-order valence-corrected chi connectivity index (χ4v) is 3.39. The van der Waals surface area contributed by atoms with Gasteiger partial charge in [0.2, 0.25) is 0 Å². The number of carbonyl (C=O) groups is 1. The highest BCUT2D eigenvalue weighted by molar-refractivity contribution is 7.14. The molecule has 0 radical (unpaired) electrons. The van der Waals surface area contributed by atoms with Crippen molar-refractivity contribution >= 4 is 28.1 Å². The third kappa shape index (κ3) is 5.39. The van der Waals surface area contributed by atoms with Gasteiger partial charge in [-0.2, -0.15) is 0 Å². The average molecular weight is 413 g/mol. The van der Waals surface area contributed by atoms with Gasteiger partial charge in [-0.1, -0.05) is 12.1 Å². The summed E-state index contributed by atoms with van der Waals surface area (Å²) >= 11 is 1.35. The molecule has 1 heterocycles. The van der Waals surface area contributed by atoms with E-state index in [4.69, 9.17) is 14.2 Å². The minimum Gasteiger partial charge on any atom is -0.497 e. The maximum atomic E-state index is 12.4. The van der Waals surface area contributed by atoms with Crippen molar-refractivity contribution in [3.8, 4) is 17.2 Å². The summed E-state index contributed by atoms with van der Waals surface area (Å²) in [5.41, 5.74) is 2.21. The first-order chi connectivity index (χ1) is 14.1. The predicted octanol–water partition coefficient (Wildman–Crippen LogP) is 3.89. The van der Waals surface area contributed by atoms with Crippen LogP contribution in [0.25, 0.3) is 0 Å². The first kappa shape index (κ1) is 20.5. The van der Waals surface area contributed by atoms with Crippen LogP contribution in [-0.2, 0) is 6.42 Å². The normalized spacial score (nSPS) is 10.3. The van der Waals surface area contributed by atoms with Crippen LogP contribution in [0.15, 0.2) is 47.8 Å². The molecule has 1 amide bonds. The van der Waals surface area contributed by atoms with Gasteiger partial charge >= 0.3 is 0 Å². The van der Waals surface area contributed by atoms with E-state index in [-0.39, 0.29) is 5.91 Å². The molecule has 29 heavy (non-hydrogen) atoms.